The molecule has 6 unspecified atom stereocenters. The Kier molecular flexibility index (Phi) is 7.80. The molecule has 5 nitrogen and oxygen atoms in total. The van der Waals surface area contributed by atoms with Gasteiger partial charge in [-0.05, 0) is 80.6 Å². The number of aliphatic imine (C=N–C) groups is 1. The minimum atomic E-state index is -0.324. The summed E-state index contributed by atoms with van der Waals surface area (Å²) in [6.07, 6.45) is 22.8. The quantitative estimate of drug-likeness (QED) is 0.295. The number of allylic oxidation sites excluding steroid dienone is 8. The number of ether oxygens (including phenoxy) is 3. The number of dihydropyridines is 1. The molecule has 1 saturated heterocycles. The van der Waals surface area contributed by atoms with Crippen molar-refractivity contribution < 1.29 is 14.2 Å². The monoisotopic (exact) mass is 624 g/mol. The molecule has 3 aliphatic carbocycles. The van der Waals surface area contributed by atoms with Crippen LogP contribution < -0.4 is 0 Å². The van der Waals surface area contributed by atoms with Gasteiger partial charge in [-0.3, -0.25) is 4.99 Å². The molecule has 0 aromatic carbocycles. The van der Waals surface area contributed by atoms with Crippen LogP contribution in [0.4, 0.5) is 0 Å². The first-order valence-corrected chi connectivity index (χ1v) is 18.3. The second-order valence-corrected chi connectivity index (χ2v) is 16.1. The largest absolute Gasteiger partial charge is 0.457 e. The predicted octanol–water partition coefficient (Wildman–Crippen LogP) is 9.79. The van der Waals surface area contributed by atoms with Crippen LogP contribution in [0.1, 0.15) is 101 Å². The molecule has 248 valence electrons. The zero-order chi connectivity index (χ0) is 32.6. The average molecular weight is 625 g/mol. The second-order valence-electron chi connectivity index (χ2n) is 16.1. The van der Waals surface area contributed by atoms with Crippen LogP contribution in [0.25, 0.3) is 0 Å². The van der Waals surface area contributed by atoms with Gasteiger partial charge >= 0.3 is 0 Å². The van der Waals surface area contributed by atoms with Gasteiger partial charge in [0, 0.05) is 52.5 Å². The van der Waals surface area contributed by atoms with Gasteiger partial charge in [0.2, 0.25) is 0 Å². The van der Waals surface area contributed by atoms with E-state index in [0.29, 0.717) is 30.2 Å². The van der Waals surface area contributed by atoms with E-state index < -0.39 is 0 Å². The minimum absolute atomic E-state index is 0.0223. The Morgan fingerprint density at radius 2 is 1.72 bits per heavy atom. The Balaban J connectivity index is 1.38. The normalized spacial score (nSPS) is 36.1. The summed E-state index contributed by atoms with van der Waals surface area (Å²) in [4.78, 5) is 7.79. The maximum Gasteiger partial charge on any atom is 0.287 e. The predicted molar refractivity (Wildman–Crippen MR) is 186 cm³/mol. The molecule has 6 atom stereocenters. The van der Waals surface area contributed by atoms with E-state index in [4.69, 9.17) is 19.2 Å². The van der Waals surface area contributed by atoms with Crippen molar-refractivity contribution >= 4 is 5.71 Å². The van der Waals surface area contributed by atoms with Crippen LogP contribution in [-0.4, -0.2) is 35.3 Å². The van der Waals surface area contributed by atoms with E-state index >= 15 is 0 Å². The van der Waals surface area contributed by atoms with E-state index in [2.05, 4.69) is 110 Å². The third kappa shape index (κ3) is 4.65. The van der Waals surface area contributed by atoms with Crippen molar-refractivity contribution in [2.24, 2.45) is 45.4 Å². The van der Waals surface area contributed by atoms with Gasteiger partial charge in [-0.2, -0.15) is 0 Å². The molecule has 7 rings (SSSR count). The molecule has 1 saturated carbocycles. The fourth-order valence-electron chi connectivity index (χ4n) is 9.52. The number of nitrogens with zero attached hydrogens (tertiary/aromatic N) is 2. The lowest BCUT2D eigenvalue weighted by atomic mass is 9.72. The number of hydrogen-bond donors (Lipinski definition) is 0. The van der Waals surface area contributed by atoms with E-state index in [0.717, 1.165) is 67.7 Å². The van der Waals surface area contributed by atoms with Crippen molar-refractivity contribution in [3.63, 3.8) is 0 Å². The van der Waals surface area contributed by atoms with E-state index in [1.54, 1.807) is 5.57 Å². The Bertz CT molecular complexity index is 1520. The highest BCUT2D eigenvalue weighted by Gasteiger charge is 2.78. The zero-order valence-electron chi connectivity index (χ0n) is 29.8. The molecular weight excluding hydrogens is 568 g/mol. The lowest BCUT2D eigenvalue weighted by Crippen LogP contribution is -2.43. The summed E-state index contributed by atoms with van der Waals surface area (Å²) in [6.45, 7) is 22.3. The van der Waals surface area contributed by atoms with Gasteiger partial charge in [-0.15, -0.1) is 0 Å². The molecule has 5 heteroatoms. The highest BCUT2D eigenvalue weighted by Crippen LogP contribution is 2.74. The maximum atomic E-state index is 7.10. The molecule has 0 amide bonds. The second kappa shape index (κ2) is 11.3. The van der Waals surface area contributed by atoms with E-state index in [-0.39, 0.29) is 28.4 Å². The molecule has 46 heavy (non-hydrogen) atoms. The Hall–Kier alpha value is -2.95. The van der Waals surface area contributed by atoms with Gasteiger partial charge < -0.3 is 19.1 Å². The van der Waals surface area contributed by atoms with Crippen molar-refractivity contribution in [2.45, 2.75) is 112 Å². The molecule has 2 fully saturated rings. The minimum Gasteiger partial charge on any atom is -0.457 e. The first-order valence-electron chi connectivity index (χ1n) is 18.3. The number of fused-ring (bicyclic) bond motifs is 7. The summed E-state index contributed by atoms with van der Waals surface area (Å²) in [7, 11) is 0. The summed E-state index contributed by atoms with van der Waals surface area (Å²) in [5.74, 6) is 5.79. The molecule has 0 aromatic heterocycles. The third-order valence-corrected chi connectivity index (χ3v) is 12.8. The summed E-state index contributed by atoms with van der Waals surface area (Å²) in [5, 5.41) is 0. The molecular formula is C41H56N2O3. The summed E-state index contributed by atoms with van der Waals surface area (Å²) >= 11 is 0. The van der Waals surface area contributed by atoms with Crippen LogP contribution in [0.5, 0.6) is 0 Å². The zero-order valence-corrected chi connectivity index (χ0v) is 29.8. The highest BCUT2D eigenvalue weighted by atomic mass is 16.7. The molecule has 4 aliphatic heterocycles. The van der Waals surface area contributed by atoms with Gasteiger partial charge in [-0.25, -0.2) is 0 Å². The van der Waals surface area contributed by atoms with Gasteiger partial charge in [0.25, 0.3) is 5.95 Å². The van der Waals surface area contributed by atoms with Crippen LogP contribution in [0.15, 0.2) is 87.6 Å². The SMILES string of the molecule is CCC(CC)C1=CC(C(CC)CC)O/C(=C2/C3(C)C4CN=C(C(C)(C)C)C=C4OC4=CC5=C(CCC6C=CC=CC56)CN4C23C)O1. The van der Waals surface area contributed by atoms with Gasteiger partial charge in [-0.1, -0.05) is 79.7 Å². The Morgan fingerprint density at radius 3 is 2.41 bits per heavy atom. The molecule has 7 aliphatic rings. The van der Waals surface area contributed by atoms with Gasteiger partial charge in [0.1, 0.15) is 17.6 Å². The fraction of sp³-hybridized carbons (Fsp3) is 0.634. The van der Waals surface area contributed by atoms with Crippen molar-refractivity contribution in [3.05, 3.63) is 82.6 Å². The molecule has 0 N–H and O–H groups in total. The van der Waals surface area contributed by atoms with Crippen molar-refractivity contribution in [2.75, 3.05) is 13.1 Å². The third-order valence-electron chi connectivity index (χ3n) is 12.8. The topological polar surface area (TPSA) is 43.3 Å². The lowest BCUT2D eigenvalue weighted by Gasteiger charge is -2.42. The Morgan fingerprint density at radius 1 is 0.978 bits per heavy atom. The summed E-state index contributed by atoms with van der Waals surface area (Å²) in [6, 6.07) is 0. The molecule has 0 spiro atoms. The number of hydrogen-bond acceptors (Lipinski definition) is 5. The van der Waals surface area contributed by atoms with E-state index in [1.807, 2.05) is 0 Å². The highest BCUT2D eigenvalue weighted by molar-refractivity contribution is 6.00. The standard InChI is InChI=1S/C41H56N2O3/c1-10-25(11-2)32-21-33(26(12-3)13-4)46-38(45-32)37-40(8)31-23-42-35(39(5,6)7)22-34(31)44-36-20-30-28(24-43(36)41(37,40)9)19-18-27-16-14-15-17-29(27)30/h14-17,20-22,25-27,29,31-32H,10-13,18-19,23-24H2,1-9H3/b38-37+. The van der Waals surface area contributed by atoms with Gasteiger partial charge in [0.05, 0.1) is 12.1 Å². The van der Waals surface area contributed by atoms with Crippen molar-refractivity contribution in [1.29, 1.82) is 0 Å². The van der Waals surface area contributed by atoms with Crippen LogP contribution in [0, 0.1) is 40.4 Å². The van der Waals surface area contributed by atoms with Crippen molar-refractivity contribution in [3.8, 4) is 0 Å². The van der Waals surface area contributed by atoms with E-state index in [9.17, 15) is 0 Å². The van der Waals surface area contributed by atoms with Crippen LogP contribution in [-0.2, 0) is 14.2 Å². The summed E-state index contributed by atoms with van der Waals surface area (Å²) in [5.41, 5.74) is 4.77. The number of rotatable bonds is 6. The smallest absolute Gasteiger partial charge is 0.287 e. The first kappa shape index (κ1) is 31.6. The lowest BCUT2D eigenvalue weighted by molar-refractivity contribution is -0.0249. The first-order chi connectivity index (χ1) is 22.0. The van der Waals surface area contributed by atoms with E-state index in [1.165, 1.54) is 17.6 Å². The fourth-order valence-corrected chi connectivity index (χ4v) is 9.52. The van der Waals surface area contributed by atoms with Gasteiger partial charge in [0.15, 0.2) is 5.88 Å². The Labute approximate surface area is 277 Å². The molecule has 0 radical (unpaired) electrons. The molecule has 4 heterocycles. The average Bonchev–Trinajstić information content (AvgIpc) is 3.58. The maximum absolute atomic E-state index is 7.10. The van der Waals surface area contributed by atoms with Crippen molar-refractivity contribution in [1.82, 2.24) is 4.90 Å². The summed E-state index contributed by atoms with van der Waals surface area (Å²) < 4.78 is 21.1. The molecule has 0 aromatic rings. The molecule has 0 bridgehead atoms. The van der Waals surface area contributed by atoms with Crippen LogP contribution in [0.3, 0.4) is 0 Å². The van der Waals surface area contributed by atoms with Crippen LogP contribution >= 0.6 is 0 Å². The van der Waals surface area contributed by atoms with Crippen LogP contribution in [0.2, 0.25) is 0 Å².